The lowest BCUT2D eigenvalue weighted by Gasteiger charge is -2.39. The number of phenolic OH excluding ortho intramolecular Hbond substituents is 1. The molecule has 0 spiro atoms. The minimum Gasteiger partial charge on any atom is -0.507 e. The molecule has 2 aromatic heterocycles. The molecule has 3 aromatic rings. The maximum absolute atomic E-state index is 15.1. The third-order valence-corrected chi connectivity index (χ3v) is 7.16. The second-order valence-electron chi connectivity index (χ2n) is 8.34. The number of hydrogen-bond acceptors (Lipinski definition) is 7. The molecule has 1 aromatic carbocycles. The van der Waals surface area contributed by atoms with Gasteiger partial charge in [-0.15, -0.1) is 5.10 Å². The Morgan fingerprint density at radius 3 is 2.80 bits per heavy atom. The summed E-state index contributed by atoms with van der Waals surface area (Å²) < 4.78 is 22.7. The number of fused-ring (bicyclic) bond motifs is 2. The average Bonchev–Trinajstić information content (AvgIpc) is 3.39. The first kappa shape index (κ1) is 19.4. The third-order valence-electron chi connectivity index (χ3n) is 6.32. The molecule has 0 amide bonds. The molecule has 0 aliphatic carbocycles. The monoisotopic (exact) mass is 429 g/mol. The van der Waals surface area contributed by atoms with E-state index < -0.39 is 12.3 Å². The Balaban J connectivity index is 1.34. The molecule has 4 heterocycles. The molecule has 2 aliphatic rings. The fraction of sp³-hybridized carbons (Fsp3) is 0.476. The standard InChI is InChI=1S/C21H24FN5O2S/c1-11-8-14-10-17(18(22)19(11)26(14)3)29-21-24-23-20(30-21)15-5-4-13(9-16(15)28)27-7-6-12(2)25-27/h4-7,9,11,14,17-19,28H,8,10H2,1-3H3. The van der Waals surface area contributed by atoms with E-state index in [4.69, 9.17) is 4.74 Å². The van der Waals surface area contributed by atoms with Crippen molar-refractivity contribution in [3.63, 3.8) is 0 Å². The van der Waals surface area contributed by atoms with Gasteiger partial charge in [0, 0.05) is 30.8 Å². The summed E-state index contributed by atoms with van der Waals surface area (Å²) in [5, 5.41) is 24.0. The molecule has 2 saturated heterocycles. The van der Waals surface area contributed by atoms with Crippen molar-refractivity contribution < 1.29 is 14.2 Å². The molecule has 2 aliphatic heterocycles. The molecular weight excluding hydrogens is 405 g/mol. The van der Waals surface area contributed by atoms with Crippen LogP contribution in [0.2, 0.25) is 0 Å². The van der Waals surface area contributed by atoms with Crippen LogP contribution in [-0.2, 0) is 0 Å². The lowest BCUT2D eigenvalue weighted by Crippen LogP contribution is -2.53. The zero-order valence-corrected chi connectivity index (χ0v) is 17.9. The Hall–Kier alpha value is -2.52. The number of benzene rings is 1. The highest BCUT2D eigenvalue weighted by molar-refractivity contribution is 7.16. The number of phenols is 1. The molecule has 2 bridgehead atoms. The first-order valence-electron chi connectivity index (χ1n) is 10.1. The van der Waals surface area contributed by atoms with Crippen molar-refractivity contribution in [3.8, 4) is 27.2 Å². The fourth-order valence-electron chi connectivity index (χ4n) is 4.81. The van der Waals surface area contributed by atoms with Gasteiger partial charge in [0.1, 0.15) is 11.9 Å². The van der Waals surface area contributed by atoms with Crippen molar-refractivity contribution in [3.05, 3.63) is 36.2 Å². The number of rotatable bonds is 4. The highest BCUT2D eigenvalue weighted by Crippen LogP contribution is 2.42. The summed E-state index contributed by atoms with van der Waals surface area (Å²) in [4.78, 5) is 2.15. The second kappa shape index (κ2) is 7.31. The number of hydrogen-bond donors (Lipinski definition) is 1. The van der Waals surface area contributed by atoms with E-state index in [-0.39, 0.29) is 11.8 Å². The summed E-state index contributed by atoms with van der Waals surface area (Å²) in [5.41, 5.74) is 2.21. The number of halogens is 1. The van der Waals surface area contributed by atoms with Gasteiger partial charge in [-0.2, -0.15) is 5.10 Å². The van der Waals surface area contributed by atoms with E-state index in [9.17, 15) is 5.11 Å². The van der Waals surface area contributed by atoms with Crippen LogP contribution >= 0.6 is 11.3 Å². The lowest BCUT2D eigenvalue weighted by atomic mass is 9.95. The highest BCUT2D eigenvalue weighted by Gasteiger charge is 2.50. The minimum atomic E-state index is -1.05. The molecule has 0 saturated carbocycles. The molecule has 158 valence electrons. The van der Waals surface area contributed by atoms with E-state index >= 15 is 4.39 Å². The predicted octanol–water partition coefficient (Wildman–Crippen LogP) is 3.60. The van der Waals surface area contributed by atoms with E-state index in [1.54, 1.807) is 16.8 Å². The lowest BCUT2D eigenvalue weighted by molar-refractivity contribution is -0.0179. The number of aryl methyl sites for hydroxylation is 1. The van der Waals surface area contributed by atoms with Crippen molar-refractivity contribution in [1.29, 1.82) is 0 Å². The number of aromatic hydroxyl groups is 1. The van der Waals surface area contributed by atoms with Crippen LogP contribution in [0.4, 0.5) is 4.39 Å². The van der Waals surface area contributed by atoms with Gasteiger partial charge in [0.2, 0.25) is 0 Å². The Bertz CT molecular complexity index is 1070. The van der Waals surface area contributed by atoms with Crippen LogP contribution in [0.3, 0.4) is 0 Å². The molecule has 9 heteroatoms. The van der Waals surface area contributed by atoms with Gasteiger partial charge < -0.3 is 9.84 Å². The van der Waals surface area contributed by atoms with Crippen molar-refractivity contribution >= 4 is 11.3 Å². The summed E-state index contributed by atoms with van der Waals surface area (Å²) in [7, 11) is 2.00. The van der Waals surface area contributed by atoms with E-state index in [1.165, 1.54) is 11.3 Å². The van der Waals surface area contributed by atoms with Crippen molar-refractivity contribution in [1.82, 2.24) is 24.9 Å². The van der Waals surface area contributed by atoms with Crippen LogP contribution in [-0.4, -0.2) is 61.4 Å². The summed E-state index contributed by atoms with van der Waals surface area (Å²) in [6.45, 7) is 4.02. The van der Waals surface area contributed by atoms with E-state index in [0.29, 0.717) is 34.1 Å². The molecule has 2 fully saturated rings. The molecular formula is C21H24FN5O2S. The normalized spacial score (nSPS) is 28.7. The first-order valence-corrected chi connectivity index (χ1v) is 10.9. The van der Waals surface area contributed by atoms with Gasteiger partial charge in [-0.3, -0.25) is 4.90 Å². The van der Waals surface area contributed by atoms with Crippen LogP contribution in [0.25, 0.3) is 16.3 Å². The maximum atomic E-state index is 15.1. The van der Waals surface area contributed by atoms with Gasteiger partial charge in [0.15, 0.2) is 11.2 Å². The molecule has 5 unspecified atom stereocenters. The van der Waals surface area contributed by atoms with Gasteiger partial charge in [0.25, 0.3) is 5.19 Å². The van der Waals surface area contributed by atoms with Gasteiger partial charge in [0.05, 0.1) is 16.9 Å². The van der Waals surface area contributed by atoms with Gasteiger partial charge in [-0.05, 0) is 44.5 Å². The number of ether oxygens (including phenoxy) is 1. The Morgan fingerprint density at radius 2 is 2.07 bits per heavy atom. The largest absolute Gasteiger partial charge is 0.507 e. The molecule has 5 rings (SSSR count). The summed E-state index contributed by atoms with van der Waals surface area (Å²) >= 11 is 1.22. The zero-order valence-electron chi connectivity index (χ0n) is 17.1. The highest BCUT2D eigenvalue weighted by atomic mass is 32.1. The van der Waals surface area contributed by atoms with Crippen LogP contribution in [0.5, 0.6) is 10.9 Å². The zero-order chi connectivity index (χ0) is 21.0. The molecule has 5 atom stereocenters. The number of aromatic nitrogens is 4. The maximum Gasteiger partial charge on any atom is 0.294 e. The number of piperidine rings is 1. The van der Waals surface area contributed by atoms with E-state index in [1.807, 2.05) is 32.3 Å². The van der Waals surface area contributed by atoms with Crippen molar-refractivity contribution in [2.75, 3.05) is 7.05 Å². The van der Waals surface area contributed by atoms with Crippen LogP contribution in [0.15, 0.2) is 30.5 Å². The third kappa shape index (κ3) is 3.26. The first-order chi connectivity index (χ1) is 14.4. The molecule has 30 heavy (non-hydrogen) atoms. The number of alkyl halides is 1. The Labute approximate surface area is 178 Å². The van der Waals surface area contributed by atoms with Crippen LogP contribution in [0.1, 0.15) is 25.5 Å². The summed E-state index contributed by atoms with van der Waals surface area (Å²) in [6, 6.07) is 7.41. The molecule has 1 N–H and O–H groups in total. The van der Waals surface area contributed by atoms with Gasteiger partial charge in [-0.25, -0.2) is 9.07 Å². The fourth-order valence-corrected chi connectivity index (χ4v) is 5.59. The minimum absolute atomic E-state index is 0.0814. The molecule has 7 nitrogen and oxygen atoms in total. The summed E-state index contributed by atoms with van der Waals surface area (Å²) in [6.07, 6.45) is 1.92. The quantitative estimate of drug-likeness (QED) is 0.683. The van der Waals surface area contributed by atoms with Gasteiger partial charge >= 0.3 is 0 Å². The SMILES string of the molecule is Cc1ccn(-c2ccc(-c3nnc(OC4CC5CC(C)C(C4F)N5C)s3)c(O)c2)n1. The average molecular weight is 430 g/mol. The van der Waals surface area contributed by atoms with E-state index in [2.05, 4.69) is 27.1 Å². The Kier molecular flexibility index (Phi) is 4.74. The summed E-state index contributed by atoms with van der Waals surface area (Å²) in [5.74, 6) is 0.403. The topological polar surface area (TPSA) is 76.3 Å². The smallest absolute Gasteiger partial charge is 0.294 e. The van der Waals surface area contributed by atoms with Crippen LogP contribution in [0, 0.1) is 12.8 Å². The van der Waals surface area contributed by atoms with E-state index in [0.717, 1.165) is 17.8 Å². The van der Waals surface area contributed by atoms with Crippen molar-refractivity contribution in [2.45, 2.75) is 51.0 Å². The number of nitrogens with zero attached hydrogens (tertiary/aromatic N) is 5. The predicted molar refractivity (Wildman–Crippen MR) is 112 cm³/mol. The van der Waals surface area contributed by atoms with Gasteiger partial charge in [-0.1, -0.05) is 23.4 Å². The Morgan fingerprint density at radius 1 is 1.23 bits per heavy atom. The second-order valence-corrected chi connectivity index (χ2v) is 9.28. The van der Waals surface area contributed by atoms with Crippen LogP contribution < -0.4 is 4.74 Å². The molecule has 0 radical (unpaired) electrons. The van der Waals surface area contributed by atoms with Crippen molar-refractivity contribution in [2.24, 2.45) is 5.92 Å².